The number of esters is 1. The van der Waals surface area contributed by atoms with Crippen LogP contribution in [0.4, 0.5) is 5.82 Å². The molecular weight excluding hydrogens is 266 g/mol. The normalized spacial score (nSPS) is 17.8. The van der Waals surface area contributed by atoms with Crippen molar-refractivity contribution in [3.8, 4) is 0 Å². The Morgan fingerprint density at radius 2 is 2.10 bits per heavy atom. The number of aromatic nitrogens is 1. The molecule has 1 aromatic heterocycles. The van der Waals surface area contributed by atoms with Crippen molar-refractivity contribution in [3.05, 3.63) is 35.2 Å². The van der Waals surface area contributed by atoms with Crippen LogP contribution in [-0.2, 0) is 9.53 Å². The Balaban J connectivity index is 2.42. The predicted molar refractivity (Wildman–Crippen MR) is 82.3 cm³/mol. The third-order valence-electron chi connectivity index (χ3n) is 3.97. The molecule has 1 aliphatic rings. The van der Waals surface area contributed by atoms with E-state index in [4.69, 9.17) is 10.5 Å². The molecule has 5 heteroatoms. The summed E-state index contributed by atoms with van der Waals surface area (Å²) in [5.41, 5.74) is 8.65. The molecule has 0 aromatic carbocycles. The summed E-state index contributed by atoms with van der Waals surface area (Å²) in [5.74, 6) is 0.438. The van der Waals surface area contributed by atoms with Crippen molar-refractivity contribution in [1.29, 1.82) is 0 Å². The lowest BCUT2D eigenvalue weighted by Gasteiger charge is -2.32. The van der Waals surface area contributed by atoms with Crippen molar-refractivity contribution in [2.45, 2.75) is 33.7 Å². The molecule has 1 atom stereocenters. The topological polar surface area (TPSA) is 68.5 Å². The van der Waals surface area contributed by atoms with Crippen molar-refractivity contribution in [2.24, 2.45) is 5.92 Å². The first kappa shape index (κ1) is 15.4. The van der Waals surface area contributed by atoms with Gasteiger partial charge in [-0.05, 0) is 25.8 Å². The lowest BCUT2D eigenvalue weighted by molar-refractivity contribution is -0.139. The maximum atomic E-state index is 12.1. The number of anilines is 1. The Labute approximate surface area is 125 Å². The molecule has 2 N–H and O–H groups in total. The zero-order valence-corrected chi connectivity index (χ0v) is 13.1. The molecule has 0 fully saturated rings. The van der Waals surface area contributed by atoms with E-state index >= 15 is 0 Å². The Kier molecular flexibility index (Phi) is 4.50. The van der Waals surface area contributed by atoms with Gasteiger partial charge in [0.15, 0.2) is 0 Å². The van der Waals surface area contributed by atoms with Gasteiger partial charge in [0.25, 0.3) is 0 Å². The molecule has 21 heavy (non-hydrogen) atoms. The standard InChI is InChI=1S/C16H23N3O2/c1-10(2)14-12(4)19(8-9-21-16(14)20)11(3)13-6-5-7-18-15(13)17/h5-7,10-11H,8-9H2,1-4H3,(H2,17,18). The summed E-state index contributed by atoms with van der Waals surface area (Å²) in [6.45, 7) is 9.11. The van der Waals surface area contributed by atoms with E-state index in [2.05, 4.69) is 16.8 Å². The van der Waals surface area contributed by atoms with E-state index in [1.807, 2.05) is 32.9 Å². The number of rotatable bonds is 3. The largest absolute Gasteiger partial charge is 0.460 e. The summed E-state index contributed by atoms with van der Waals surface area (Å²) in [7, 11) is 0. The highest BCUT2D eigenvalue weighted by molar-refractivity contribution is 5.89. The van der Waals surface area contributed by atoms with Gasteiger partial charge in [0, 0.05) is 17.5 Å². The van der Waals surface area contributed by atoms with Gasteiger partial charge >= 0.3 is 5.97 Å². The SMILES string of the molecule is CC1=C(C(C)C)C(=O)OCCN1C(C)c1cccnc1N. The molecule has 0 saturated carbocycles. The fourth-order valence-corrected chi connectivity index (χ4v) is 2.87. The minimum absolute atomic E-state index is 0.0435. The van der Waals surface area contributed by atoms with Gasteiger partial charge in [-0.25, -0.2) is 9.78 Å². The van der Waals surface area contributed by atoms with Crippen LogP contribution in [0, 0.1) is 5.92 Å². The molecule has 5 nitrogen and oxygen atoms in total. The van der Waals surface area contributed by atoms with Gasteiger partial charge in [-0.3, -0.25) is 0 Å². The van der Waals surface area contributed by atoms with Crippen molar-refractivity contribution < 1.29 is 9.53 Å². The van der Waals surface area contributed by atoms with E-state index in [9.17, 15) is 4.79 Å². The molecule has 0 aliphatic carbocycles. The number of hydrogen-bond donors (Lipinski definition) is 1. The van der Waals surface area contributed by atoms with Crippen molar-refractivity contribution in [1.82, 2.24) is 9.88 Å². The van der Waals surface area contributed by atoms with E-state index in [1.54, 1.807) is 6.20 Å². The molecule has 2 heterocycles. The van der Waals surface area contributed by atoms with Crippen LogP contribution in [0.5, 0.6) is 0 Å². The van der Waals surface area contributed by atoms with Crippen LogP contribution in [0.1, 0.15) is 39.3 Å². The highest BCUT2D eigenvalue weighted by Gasteiger charge is 2.28. The van der Waals surface area contributed by atoms with Gasteiger partial charge in [-0.1, -0.05) is 19.9 Å². The first-order valence-electron chi connectivity index (χ1n) is 7.28. The van der Waals surface area contributed by atoms with E-state index in [0.717, 1.165) is 16.8 Å². The summed E-state index contributed by atoms with van der Waals surface area (Å²) in [5, 5.41) is 0. The molecule has 0 radical (unpaired) electrons. The maximum Gasteiger partial charge on any atom is 0.336 e. The van der Waals surface area contributed by atoms with Gasteiger partial charge in [0.05, 0.1) is 18.2 Å². The zero-order chi connectivity index (χ0) is 15.6. The van der Waals surface area contributed by atoms with Gasteiger partial charge in [0.2, 0.25) is 0 Å². The van der Waals surface area contributed by atoms with Crippen LogP contribution in [0.15, 0.2) is 29.6 Å². The Morgan fingerprint density at radius 3 is 2.71 bits per heavy atom. The number of hydrogen-bond acceptors (Lipinski definition) is 5. The van der Waals surface area contributed by atoms with Crippen molar-refractivity contribution in [2.75, 3.05) is 18.9 Å². The average molecular weight is 289 g/mol. The predicted octanol–water partition coefficient (Wildman–Crippen LogP) is 2.51. The van der Waals surface area contributed by atoms with E-state index in [-0.39, 0.29) is 17.9 Å². The molecular formula is C16H23N3O2. The van der Waals surface area contributed by atoms with E-state index in [0.29, 0.717) is 19.0 Å². The molecule has 1 unspecified atom stereocenters. The van der Waals surface area contributed by atoms with Gasteiger partial charge in [0.1, 0.15) is 12.4 Å². The minimum Gasteiger partial charge on any atom is -0.460 e. The first-order valence-corrected chi connectivity index (χ1v) is 7.28. The molecule has 0 amide bonds. The molecule has 0 spiro atoms. The summed E-state index contributed by atoms with van der Waals surface area (Å²) in [6, 6.07) is 3.90. The molecule has 2 rings (SSSR count). The van der Waals surface area contributed by atoms with E-state index < -0.39 is 0 Å². The van der Waals surface area contributed by atoms with Crippen molar-refractivity contribution in [3.63, 3.8) is 0 Å². The summed E-state index contributed by atoms with van der Waals surface area (Å²) in [6.07, 6.45) is 1.68. The van der Waals surface area contributed by atoms with Gasteiger partial charge < -0.3 is 15.4 Å². The van der Waals surface area contributed by atoms with Gasteiger partial charge in [-0.2, -0.15) is 0 Å². The van der Waals surface area contributed by atoms with E-state index in [1.165, 1.54) is 0 Å². The third kappa shape index (κ3) is 3.01. The number of ether oxygens (including phenoxy) is 1. The Bertz CT molecular complexity index is 566. The minimum atomic E-state index is -0.212. The van der Waals surface area contributed by atoms with Crippen LogP contribution >= 0.6 is 0 Å². The summed E-state index contributed by atoms with van der Waals surface area (Å²) >= 11 is 0. The number of nitrogen functional groups attached to an aromatic ring is 1. The molecule has 0 bridgehead atoms. The summed E-state index contributed by atoms with van der Waals surface area (Å²) in [4.78, 5) is 18.4. The Morgan fingerprint density at radius 1 is 1.38 bits per heavy atom. The lowest BCUT2D eigenvalue weighted by Crippen LogP contribution is -2.29. The monoisotopic (exact) mass is 289 g/mol. The molecule has 114 valence electrons. The number of allylic oxidation sites excluding steroid dienone is 1. The lowest BCUT2D eigenvalue weighted by atomic mass is 9.99. The second-order valence-corrected chi connectivity index (χ2v) is 5.64. The van der Waals surface area contributed by atoms with Crippen LogP contribution < -0.4 is 5.73 Å². The second-order valence-electron chi connectivity index (χ2n) is 5.64. The van der Waals surface area contributed by atoms with Crippen LogP contribution in [0.25, 0.3) is 0 Å². The maximum absolute atomic E-state index is 12.1. The smallest absolute Gasteiger partial charge is 0.336 e. The highest BCUT2D eigenvalue weighted by Crippen LogP contribution is 2.31. The zero-order valence-electron chi connectivity index (χ0n) is 13.1. The fourth-order valence-electron chi connectivity index (χ4n) is 2.87. The number of nitrogens with two attached hydrogens (primary N) is 1. The average Bonchev–Trinajstić information content (AvgIpc) is 2.57. The fraction of sp³-hybridized carbons (Fsp3) is 0.500. The molecule has 1 aromatic rings. The third-order valence-corrected chi connectivity index (χ3v) is 3.97. The number of cyclic esters (lactones) is 1. The van der Waals surface area contributed by atoms with Crippen LogP contribution in [0.2, 0.25) is 0 Å². The van der Waals surface area contributed by atoms with Crippen molar-refractivity contribution >= 4 is 11.8 Å². The van der Waals surface area contributed by atoms with Crippen LogP contribution in [-0.4, -0.2) is 29.0 Å². The second kappa shape index (κ2) is 6.16. The number of carbonyl (C=O) groups is 1. The molecule has 0 saturated heterocycles. The highest BCUT2D eigenvalue weighted by atomic mass is 16.5. The quantitative estimate of drug-likeness (QED) is 0.866. The number of pyridine rings is 1. The Hall–Kier alpha value is -2.04. The number of carbonyl (C=O) groups excluding carboxylic acids is 1. The number of nitrogens with zero attached hydrogens (tertiary/aromatic N) is 2. The molecule has 1 aliphatic heterocycles. The summed E-state index contributed by atoms with van der Waals surface area (Å²) < 4.78 is 5.31. The van der Waals surface area contributed by atoms with Crippen LogP contribution in [0.3, 0.4) is 0 Å². The van der Waals surface area contributed by atoms with Gasteiger partial charge in [-0.15, -0.1) is 0 Å². The first-order chi connectivity index (χ1) is 9.93.